The molecule has 0 saturated carbocycles. The predicted octanol–water partition coefficient (Wildman–Crippen LogP) is 3.78. The summed E-state index contributed by atoms with van der Waals surface area (Å²) >= 11 is 0. The van der Waals surface area contributed by atoms with Crippen LogP contribution in [0, 0.1) is 19.8 Å². The van der Waals surface area contributed by atoms with E-state index in [-0.39, 0.29) is 0 Å². The van der Waals surface area contributed by atoms with Crippen LogP contribution in [0.15, 0.2) is 33.7 Å². The van der Waals surface area contributed by atoms with Crippen molar-refractivity contribution in [2.45, 2.75) is 60.2 Å². The Morgan fingerprint density at radius 1 is 1.24 bits per heavy atom. The molecule has 1 atom stereocenters. The summed E-state index contributed by atoms with van der Waals surface area (Å²) in [6.45, 7) is 13.7. The smallest absolute Gasteiger partial charge is 0.214 e. The van der Waals surface area contributed by atoms with Gasteiger partial charge in [0, 0.05) is 19.6 Å². The maximum absolute atomic E-state index is 5.66. The lowest BCUT2D eigenvalue weighted by molar-refractivity contribution is 0.176. The number of oxazole rings is 1. The molecular formula is C23H35N5O. The molecule has 0 aliphatic carbocycles. The summed E-state index contributed by atoms with van der Waals surface area (Å²) < 4.78 is 5.66. The number of guanidine groups is 1. The van der Waals surface area contributed by atoms with Gasteiger partial charge in [0.1, 0.15) is 5.76 Å². The van der Waals surface area contributed by atoms with Gasteiger partial charge in [-0.05, 0) is 57.2 Å². The molecule has 1 aliphatic heterocycles. The third kappa shape index (κ3) is 6.32. The molecule has 0 bridgehead atoms. The Morgan fingerprint density at radius 2 is 2.03 bits per heavy atom. The third-order valence-corrected chi connectivity index (χ3v) is 5.49. The number of aryl methyl sites for hydroxylation is 2. The number of aliphatic imine (C=N–C) groups is 1. The van der Waals surface area contributed by atoms with Crippen LogP contribution < -0.4 is 10.6 Å². The second-order valence-corrected chi connectivity index (χ2v) is 8.05. The fourth-order valence-corrected chi connectivity index (χ4v) is 3.82. The van der Waals surface area contributed by atoms with Crippen LogP contribution >= 0.6 is 0 Å². The summed E-state index contributed by atoms with van der Waals surface area (Å²) in [6, 6.07) is 8.66. The van der Waals surface area contributed by atoms with Crippen molar-refractivity contribution in [3.8, 4) is 0 Å². The zero-order valence-electron chi connectivity index (χ0n) is 18.3. The van der Waals surface area contributed by atoms with Gasteiger partial charge in [-0.2, -0.15) is 0 Å². The van der Waals surface area contributed by atoms with Crippen LogP contribution in [0.25, 0.3) is 0 Å². The molecule has 158 valence electrons. The fraction of sp³-hybridized carbons (Fsp3) is 0.565. The van der Waals surface area contributed by atoms with Crippen LogP contribution in [0.4, 0.5) is 0 Å². The summed E-state index contributed by atoms with van der Waals surface area (Å²) in [5, 5.41) is 6.64. The minimum Gasteiger partial charge on any atom is -0.444 e. The Labute approximate surface area is 174 Å². The first-order chi connectivity index (χ1) is 14.0. The zero-order chi connectivity index (χ0) is 20.6. The van der Waals surface area contributed by atoms with E-state index in [9.17, 15) is 0 Å². The maximum atomic E-state index is 5.66. The molecular weight excluding hydrogens is 362 g/mol. The van der Waals surface area contributed by atoms with Gasteiger partial charge in [-0.3, -0.25) is 4.90 Å². The summed E-state index contributed by atoms with van der Waals surface area (Å²) in [4.78, 5) is 11.8. The average molecular weight is 398 g/mol. The van der Waals surface area contributed by atoms with E-state index in [0.29, 0.717) is 19.0 Å². The van der Waals surface area contributed by atoms with E-state index in [0.717, 1.165) is 36.4 Å². The summed E-state index contributed by atoms with van der Waals surface area (Å²) in [6.07, 6.45) is 2.65. The number of hydrogen-bond donors (Lipinski definition) is 2. The number of benzene rings is 1. The lowest BCUT2D eigenvalue weighted by atomic mass is 9.99. The molecule has 3 rings (SSSR count). The average Bonchev–Trinajstić information content (AvgIpc) is 3.02. The molecule has 2 heterocycles. The Kier molecular flexibility index (Phi) is 7.69. The van der Waals surface area contributed by atoms with Crippen LogP contribution in [0.2, 0.25) is 0 Å². The molecule has 1 aliphatic rings. The fourth-order valence-electron chi connectivity index (χ4n) is 3.82. The first kappa shape index (κ1) is 21.4. The van der Waals surface area contributed by atoms with Gasteiger partial charge >= 0.3 is 0 Å². The van der Waals surface area contributed by atoms with Gasteiger partial charge in [0.15, 0.2) is 5.96 Å². The highest BCUT2D eigenvalue weighted by Gasteiger charge is 2.17. The summed E-state index contributed by atoms with van der Waals surface area (Å²) in [5.41, 5.74) is 3.59. The lowest BCUT2D eigenvalue weighted by Crippen LogP contribution is -2.37. The first-order valence-corrected chi connectivity index (χ1v) is 10.8. The zero-order valence-corrected chi connectivity index (χ0v) is 18.3. The summed E-state index contributed by atoms with van der Waals surface area (Å²) in [5.74, 6) is 3.12. The van der Waals surface area contributed by atoms with Crippen molar-refractivity contribution in [2.75, 3.05) is 19.6 Å². The van der Waals surface area contributed by atoms with Gasteiger partial charge in [-0.25, -0.2) is 9.98 Å². The lowest BCUT2D eigenvalue weighted by Gasteiger charge is -2.31. The molecule has 1 aromatic carbocycles. The van der Waals surface area contributed by atoms with Crippen molar-refractivity contribution >= 4 is 5.96 Å². The molecule has 0 spiro atoms. The molecule has 1 aromatic heterocycles. The van der Waals surface area contributed by atoms with Crippen molar-refractivity contribution in [1.82, 2.24) is 20.5 Å². The highest BCUT2D eigenvalue weighted by molar-refractivity contribution is 5.79. The van der Waals surface area contributed by atoms with E-state index < -0.39 is 0 Å². The van der Waals surface area contributed by atoms with Crippen molar-refractivity contribution < 1.29 is 4.42 Å². The third-order valence-electron chi connectivity index (χ3n) is 5.49. The van der Waals surface area contributed by atoms with E-state index in [4.69, 9.17) is 9.41 Å². The van der Waals surface area contributed by atoms with Gasteiger partial charge in [-0.1, -0.05) is 31.2 Å². The number of hydrogen-bond acceptors (Lipinski definition) is 4. The number of nitrogens with zero attached hydrogens (tertiary/aromatic N) is 3. The highest BCUT2D eigenvalue weighted by atomic mass is 16.4. The molecule has 1 saturated heterocycles. The highest BCUT2D eigenvalue weighted by Crippen LogP contribution is 2.20. The van der Waals surface area contributed by atoms with E-state index in [2.05, 4.69) is 58.6 Å². The van der Waals surface area contributed by atoms with Gasteiger partial charge in [0.05, 0.1) is 18.8 Å². The van der Waals surface area contributed by atoms with Crippen LogP contribution in [-0.2, 0) is 19.6 Å². The molecule has 0 amide bonds. The van der Waals surface area contributed by atoms with Crippen LogP contribution in [0.3, 0.4) is 0 Å². The molecule has 1 fully saturated rings. The molecule has 0 radical (unpaired) electrons. The van der Waals surface area contributed by atoms with Gasteiger partial charge in [-0.15, -0.1) is 0 Å². The van der Waals surface area contributed by atoms with E-state index >= 15 is 0 Å². The largest absolute Gasteiger partial charge is 0.444 e. The molecule has 6 nitrogen and oxygen atoms in total. The minimum absolute atomic E-state index is 0.522. The molecule has 1 unspecified atom stereocenters. The van der Waals surface area contributed by atoms with Crippen molar-refractivity contribution in [2.24, 2.45) is 10.9 Å². The van der Waals surface area contributed by atoms with Crippen molar-refractivity contribution in [1.29, 1.82) is 0 Å². The topological polar surface area (TPSA) is 65.7 Å². The number of piperidine rings is 1. The number of aromatic nitrogens is 1. The van der Waals surface area contributed by atoms with Crippen molar-refractivity contribution in [3.05, 3.63) is 52.7 Å². The second kappa shape index (κ2) is 10.4. The second-order valence-electron chi connectivity index (χ2n) is 8.05. The van der Waals surface area contributed by atoms with E-state index in [1.54, 1.807) is 0 Å². The molecule has 6 heteroatoms. The Morgan fingerprint density at radius 3 is 2.72 bits per heavy atom. The van der Waals surface area contributed by atoms with E-state index in [1.165, 1.54) is 37.1 Å². The number of rotatable bonds is 7. The SMILES string of the molecule is CCNC(=NCc1ccccc1CN1CCCC(C)C1)NCc1nc(C)c(C)o1. The van der Waals surface area contributed by atoms with E-state index in [1.807, 2.05) is 13.8 Å². The molecule has 2 aromatic rings. The molecule has 29 heavy (non-hydrogen) atoms. The van der Waals surface area contributed by atoms with Crippen LogP contribution in [-0.4, -0.2) is 35.5 Å². The van der Waals surface area contributed by atoms with Crippen molar-refractivity contribution in [3.63, 3.8) is 0 Å². The normalized spacial score (nSPS) is 18.1. The Balaban J connectivity index is 1.63. The number of nitrogens with one attached hydrogen (secondary N) is 2. The standard InChI is InChI=1S/C23H35N5O/c1-5-24-23(26-14-22-27-18(3)19(4)29-22)25-13-20-10-6-7-11-21(20)16-28-12-8-9-17(2)15-28/h6-7,10-11,17H,5,8-9,12-16H2,1-4H3,(H2,24,25,26). The minimum atomic E-state index is 0.522. The van der Waals surface area contributed by atoms with Crippen LogP contribution in [0.5, 0.6) is 0 Å². The molecule has 2 N–H and O–H groups in total. The Bertz CT molecular complexity index is 794. The Hall–Kier alpha value is -2.34. The quantitative estimate of drug-likeness (QED) is 0.550. The van der Waals surface area contributed by atoms with Gasteiger partial charge in [0.25, 0.3) is 0 Å². The number of likely N-dealkylation sites (tertiary alicyclic amines) is 1. The van der Waals surface area contributed by atoms with Crippen LogP contribution in [0.1, 0.15) is 55.2 Å². The van der Waals surface area contributed by atoms with Gasteiger partial charge < -0.3 is 15.1 Å². The summed E-state index contributed by atoms with van der Waals surface area (Å²) in [7, 11) is 0. The maximum Gasteiger partial charge on any atom is 0.214 e. The van der Waals surface area contributed by atoms with Gasteiger partial charge in [0.2, 0.25) is 5.89 Å². The predicted molar refractivity (Wildman–Crippen MR) is 118 cm³/mol. The monoisotopic (exact) mass is 397 g/mol. The first-order valence-electron chi connectivity index (χ1n) is 10.8.